The highest BCUT2D eigenvalue weighted by atomic mass is 127. The third kappa shape index (κ3) is 7.83. The van der Waals surface area contributed by atoms with Crippen molar-refractivity contribution in [3.8, 4) is 0 Å². The predicted octanol–water partition coefficient (Wildman–Crippen LogP) is 7.48. The summed E-state index contributed by atoms with van der Waals surface area (Å²) in [5.74, 6) is 0.654. The summed E-state index contributed by atoms with van der Waals surface area (Å²) in [7, 11) is 0. The van der Waals surface area contributed by atoms with Gasteiger partial charge in [-0.15, -0.1) is 0 Å². The largest absolute Gasteiger partial charge is 0.131 e. The van der Waals surface area contributed by atoms with Crippen molar-refractivity contribution >= 4 is 67.8 Å². The van der Waals surface area contributed by atoms with Gasteiger partial charge in [-0.3, -0.25) is 0 Å². The molecule has 0 spiro atoms. The van der Waals surface area contributed by atoms with Crippen LogP contribution in [0.1, 0.15) is 63.4 Å². The Balaban J connectivity index is 2.44. The molecule has 0 N–H and O–H groups in total. The SMILES string of the molecule is CCCCCCCCC(c1ccccc1)C(I)(I)I. The lowest BCUT2D eigenvalue weighted by Gasteiger charge is -2.26. The van der Waals surface area contributed by atoms with E-state index in [9.17, 15) is 0 Å². The lowest BCUT2D eigenvalue weighted by atomic mass is 9.94. The summed E-state index contributed by atoms with van der Waals surface area (Å²) in [6, 6.07) is 11.0. The molecule has 3 heteroatoms. The smallest absolute Gasteiger partial charge is 0.0654 e. The van der Waals surface area contributed by atoms with Crippen molar-refractivity contribution in [3.63, 3.8) is 0 Å². The maximum atomic E-state index is 2.59. The first-order chi connectivity index (χ1) is 9.05. The molecule has 0 aromatic heterocycles. The van der Waals surface area contributed by atoms with Crippen molar-refractivity contribution < 1.29 is 0 Å². The molecule has 1 atom stereocenters. The van der Waals surface area contributed by atoms with E-state index < -0.39 is 0 Å². The number of hydrogen-bond acceptors (Lipinski definition) is 0. The van der Waals surface area contributed by atoms with Crippen molar-refractivity contribution in [3.05, 3.63) is 35.9 Å². The van der Waals surface area contributed by atoms with Gasteiger partial charge in [0, 0.05) is 5.92 Å². The zero-order valence-corrected chi connectivity index (χ0v) is 18.0. The first-order valence-corrected chi connectivity index (χ1v) is 10.4. The fourth-order valence-corrected chi connectivity index (χ4v) is 4.35. The van der Waals surface area contributed by atoms with Gasteiger partial charge in [-0.25, -0.2) is 0 Å². The van der Waals surface area contributed by atoms with E-state index in [-0.39, 0.29) is -0.565 Å². The van der Waals surface area contributed by atoms with E-state index in [0.717, 1.165) is 0 Å². The summed E-state index contributed by atoms with van der Waals surface area (Å²) < 4.78 is 0.276. The van der Waals surface area contributed by atoms with E-state index in [4.69, 9.17) is 0 Å². The normalized spacial score (nSPS) is 13.5. The molecule has 19 heavy (non-hydrogen) atoms. The van der Waals surface area contributed by atoms with E-state index in [1.54, 1.807) is 0 Å². The van der Waals surface area contributed by atoms with Crippen LogP contribution in [0.3, 0.4) is 0 Å². The predicted molar refractivity (Wildman–Crippen MR) is 112 cm³/mol. The Labute approximate surface area is 159 Å². The fraction of sp³-hybridized carbons (Fsp3) is 0.625. The number of benzene rings is 1. The molecule has 108 valence electrons. The van der Waals surface area contributed by atoms with Crippen molar-refractivity contribution in [2.24, 2.45) is 0 Å². The molecule has 1 rings (SSSR count). The molecule has 0 saturated carbocycles. The number of rotatable bonds is 9. The minimum atomic E-state index is 0.276. The maximum Gasteiger partial charge on any atom is 0.131 e. The Morgan fingerprint density at radius 2 is 1.47 bits per heavy atom. The summed E-state index contributed by atoms with van der Waals surface area (Å²) >= 11 is 7.77. The molecule has 0 amide bonds. The summed E-state index contributed by atoms with van der Waals surface area (Å²) in [6.45, 7) is 2.28. The molecular weight excluding hydrogens is 573 g/mol. The van der Waals surface area contributed by atoms with Crippen LogP contribution in [0.4, 0.5) is 0 Å². The molecular formula is C16H23I3. The molecule has 0 fully saturated rings. The average Bonchev–Trinajstić information content (AvgIpc) is 2.37. The summed E-state index contributed by atoms with van der Waals surface area (Å²) in [6.07, 6.45) is 9.62. The monoisotopic (exact) mass is 596 g/mol. The zero-order valence-electron chi connectivity index (χ0n) is 11.5. The first-order valence-electron chi connectivity index (χ1n) is 7.17. The van der Waals surface area contributed by atoms with Crippen LogP contribution < -0.4 is 0 Å². The number of unbranched alkanes of at least 4 members (excludes halogenated alkanes) is 5. The Morgan fingerprint density at radius 3 is 2.05 bits per heavy atom. The van der Waals surface area contributed by atoms with Crippen LogP contribution in [-0.4, -0.2) is -0.565 Å². The molecule has 1 aromatic rings. The van der Waals surface area contributed by atoms with Gasteiger partial charge in [-0.05, 0) is 12.0 Å². The van der Waals surface area contributed by atoms with E-state index in [2.05, 4.69) is 105 Å². The first kappa shape index (κ1) is 18.5. The zero-order chi connectivity index (χ0) is 14.1. The van der Waals surface area contributed by atoms with Gasteiger partial charge < -0.3 is 0 Å². The van der Waals surface area contributed by atoms with Crippen molar-refractivity contribution in [2.45, 2.75) is 57.2 Å². The van der Waals surface area contributed by atoms with Gasteiger partial charge in [-0.1, -0.05) is 144 Å². The summed E-state index contributed by atoms with van der Waals surface area (Å²) in [4.78, 5) is 0. The van der Waals surface area contributed by atoms with Gasteiger partial charge in [-0.2, -0.15) is 0 Å². The molecule has 0 aliphatic rings. The van der Waals surface area contributed by atoms with Gasteiger partial charge >= 0.3 is 0 Å². The van der Waals surface area contributed by atoms with Gasteiger partial charge in [0.1, 0.15) is -0.565 Å². The topological polar surface area (TPSA) is 0 Å². The second-order valence-corrected chi connectivity index (χ2v) is 16.4. The third-order valence-corrected chi connectivity index (χ3v) is 5.70. The van der Waals surface area contributed by atoms with Crippen LogP contribution in [0.15, 0.2) is 30.3 Å². The maximum absolute atomic E-state index is 2.59. The molecule has 0 heterocycles. The highest BCUT2D eigenvalue weighted by Gasteiger charge is 2.30. The molecule has 0 radical (unpaired) electrons. The van der Waals surface area contributed by atoms with E-state index in [0.29, 0.717) is 5.92 Å². The Morgan fingerprint density at radius 1 is 0.895 bits per heavy atom. The number of hydrogen-bond donors (Lipinski definition) is 0. The highest BCUT2D eigenvalue weighted by Crippen LogP contribution is 2.50. The van der Waals surface area contributed by atoms with Crippen LogP contribution in [0.5, 0.6) is 0 Å². The van der Waals surface area contributed by atoms with Gasteiger partial charge in [0.25, 0.3) is 0 Å². The molecule has 0 nitrogen and oxygen atoms in total. The van der Waals surface area contributed by atoms with Crippen LogP contribution in [0.25, 0.3) is 0 Å². The molecule has 0 saturated heterocycles. The Bertz CT molecular complexity index is 330. The van der Waals surface area contributed by atoms with E-state index in [1.807, 2.05) is 0 Å². The molecule has 0 bridgehead atoms. The van der Waals surface area contributed by atoms with E-state index in [1.165, 1.54) is 50.5 Å². The molecule has 1 unspecified atom stereocenters. The van der Waals surface area contributed by atoms with Crippen LogP contribution >= 0.6 is 67.8 Å². The number of halogens is 3. The van der Waals surface area contributed by atoms with Crippen LogP contribution in [0, 0.1) is 0 Å². The molecule has 0 aliphatic heterocycles. The number of alkyl halides is 3. The lowest BCUT2D eigenvalue weighted by Crippen LogP contribution is -2.15. The van der Waals surface area contributed by atoms with E-state index >= 15 is 0 Å². The standard InChI is InChI=1S/C16H23I3/c1-2-3-4-5-6-10-13-15(16(17,18)19)14-11-8-7-9-12-14/h7-9,11-12,15H,2-6,10,13H2,1H3. The van der Waals surface area contributed by atoms with Crippen molar-refractivity contribution in [1.82, 2.24) is 0 Å². The molecule has 1 aromatic carbocycles. The minimum absolute atomic E-state index is 0.276. The second kappa shape index (κ2) is 10.2. The van der Waals surface area contributed by atoms with Gasteiger partial charge in [0.2, 0.25) is 0 Å². The highest BCUT2D eigenvalue weighted by molar-refractivity contribution is 14.3. The summed E-state index contributed by atoms with van der Waals surface area (Å²) in [5.41, 5.74) is 1.49. The summed E-state index contributed by atoms with van der Waals surface area (Å²) in [5, 5.41) is 0. The van der Waals surface area contributed by atoms with Crippen LogP contribution in [-0.2, 0) is 0 Å². The van der Waals surface area contributed by atoms with Crippen molar-refractivity contribution in [2.75, 3.05) is 0 Å². The minimum Gasteiger partial charge on any atom is -0.0654 e. The second-order valence-electron chi connectivity index (χ2n) is 5.06. The third-order valence-electron chi connectivity index (χ3n) is 3.44. The van der Waals surface area contributed by atoms with Gasteiger partial charge in [0.05, 0.1) is 0 Å². The van der Waals surface area contributed by atoms with Crippen LogP contribution in [0.2, 0.25) is 0 Å². The molecule has 0 aliphatic carbocycles. The lowest BCUT2D eigenvalue weighted by molar-refractivity contribution is 0.557. The Kier molecular flexibility index (Phi) is 9.90. The Hall–Kier alpha value is 1.41. The van der Waals surface area contributed by atoms with Gasteiger partial charge in [0.15, 0.2) is 0 Å². The quantitative estimate of drug-likeness (QED) is 0.158. The average molecular weight is 596 g/mol. The fourth-order valence-electron chi connectivity index (χ4n) is 2.33. The van der Waals surface area contributed by atoms with Crippen molar-refractivity contribution in [1.29, 1.82) is 0 Å².